The Kier molecular flexibility index (Phi) is 4.38. The van der Waals surface area contributed by atoms with Gasteiger partial charge in [0.1, 0.15) is 0 Å². The number of hydrogen-bond acceptors (Lipinski definition) is 4. The average molecular weight is 275 g/mol. The highest BCUT2D eigenvalue weighted by Gasteiger charge is 2.30. The van der Waals surface area contributed by atoms with Crippen molar-refractivity contribution in [3.05, 3.63) is 21.9 Å². The standard InChI is InChI=1S/C12H21NO2S2/c1-9-6-7-16-11(9)10(2)13-8-12(3,4)17(5,14)15/h6-7,10,13H,8H2,1-5H3. The summed E-state index contributed by atoms with van der Waals surface area (Å²) in [6.07, 6.45) is 1.29. The maximum Gasteiger partial charge on any atom is 0.153 e. The van der Waals surface area contributed by atoms with E-state index in [-0.39, 0.29) is 6.04 Å². The molecule has 0 aliphatic carbocycles. The summed E-state index contributed by atoms with van der Waals surface area (Å²) >= 11 is 1.70. The maximum atomic E-state index is 11.6. The summed E-state index contributed by atoms with van der Waals surface area (Å²) in [6.45, 7) is 8.11. The van der Waals surface area contributed by atoms with Gasteiger partial charge < -0.3 is 5.32 Å². The highest BCUT2D eigenvalue weighted by atomic mass is 32.2. The molecule has 0 saturated carbocycles. The van der Waals surface area contributed by atoms with Gasteiger partial charge in [-0.15, -0.1) is 11.3 Å². The molecule has 1 unspecified atom stereocenters. The zero-order valence-corrected chi connectivity index (χ0v) is 12.7. The Hall–Kier alpha value is -0.390. The second-order valence-electron chi connectivity index (χ2n) is 5.10. The lowest BCUT2D eigenvalue weighted by molar-refractivity contribution is 0.491. The number of thiophene rings is 1. The second-order valence-corrected chi connectivity index (χ2v) is 8.70. The molecule has 0 aliphatic rings. The van der Waals surface area contributed by atoms with Crippen LogP contribution >= 0.6 is 11.3 Å². The molecule has 98 valence electrons. The monoisotopic (exact) mass is 275 g/mol. The highest BCUT2D eigenvalue weighted by Crippen LogP contribution is 2.24. The van der Waals surface area contributed by atoms with Gasteiger partial charge in [-0.1, -0.05) is 0 Å². The van der Waals surface area contributed by atoms with Crippen LogP contribution in [0.4, 0.5) is 0 Å². The minimum Gasteiger partial charge on any atom is -0.308 e. The smallest absolute Gasteiger partial charge is 0.153 e. The Morgan fingerprint density at radius 1 is 1.47 bits per heavy atom. The van der Waals surface area contributed by atoms with Crippen LogP contribution in [-0.2, 0) is 9.84 Å². The van der Waals surface area contributed by atoms with E-state index >= 15 is 0 Å². The van der Waals surface area contributed by atoms with Crippen LogP contribution in [0.1, 0.15) is 37.3 Å². The van der Waals surface area contributed by atoms with Crippen LogP contribution in [0.25, 0.3) is 0 Å². The van der Waals surface area contributed by atoms with Gasteiger partial charge in [-0.05, 0) is 44.7 Å². The normalized spacial score (nSPS) is 14.9. The summed E-state index contributed by atoms with van der Waals surface area (Å²) in [7, 11) is -3.04. The first-order valence-electron chi connectivity index (χ1n) is 5.62. The van der Waals surface area contributed by atoms with E-state index in [2.05, 4.69) is 30.6 Å². The van der Waals surface area contributed by atoms with Crippen molar-refractivity contribution in [1.29, 1.82) is 0 Å². The predicted molar refractivity (Wildman–Crippen MR) is 74.4 cm³/mol. The minimum absolute atomic E-state index is 0.191. The van der Waals surface area contributed by atoms with Crippen LogP contribution in [0.15, 0.2) is 11.4 Å². The van der Waals surface area contributed by atoms with Gasteiger partial charge in [0.05, 0.1) is 4.75 Å². The molecule has 0 radical (unpaired) electrons. The Labute approximate surface area is 108 Å². The molecule has 0 aromatic carbocycles. The van der Waals surface area contributed by atoms with E-state index in [1.54, 1.807) is 25.2 Å². The Bertz CT molecular complexity index is 474. The topological polar surface area (TPSA) is 46.2 Å². The van der Waals surface area contributed by atoms with E-state index in [0.29, 0.717) is 6.54 Å². The number of sulfone groups is 1. The van der Waals surface area contributed by atoms with Crippen LogP contribution in [0, 0.1) is 6.92 Å². The first-order valence-corrected chi connectivity index (χ1v) is 8.39. The zero-order chi connectivity index (χ0) is 13.3. The summed E-state index contributed by atoms with van der Waals surface area (Å²) in [5, 5.41) is 5.36. The Morgan fingerprint density at radius 3 is 2.47 bits per heavy atom. The first-order chi connectivity index (χ1) is 7.65. The van der Waals surface area contributed by atoms with Gasteiger partial charge in [0.25, 0.3) is 0 Å². The van der Waals surface area contributed by atoms with E-state index in [9.17, 15) is 8.42 Å². The number of hydrogen-bond donors (Lipinski definition) is 1. The van der Waals surface area contributed by atoms with E-state index < -0.39 is 14.6 Å². The van der Waals surface area contributed by atoms with Gasteiger partial charge in [-0.25, -0.2) is 8.42 Å². The third-order valence-corrected chi connectivity index (χ3v) is 6.49. The maximum absolute atomic E-state index is 11.6. The third kappa shape index (κ3) is 3.53. The Morgan fingerprint density at radius 2 is 2.06 bits per heavy atom. The molecule has 1 atom stereocenters. The van der Waals surface area contributed by atoms with Crippen molar-refractivity contribution in [3.8, 4) is 0 Å². The SMILES string of the molecule is Cc1ccsc1C(C)NCC(C)(C)S(C)(=O)=O. The molecule has 17 heavy (non-hydrogen) atoms. The molecule has 0 spiro atoms. The summed E-state index contributed by atoms with van der Waals surface area (Å²) in [5.74, 6) is 0. The fourth-order valence-corrected chi connectivity index (χ4v) is 2.76. The summed E-state index contributed by atoms with van der Waals surface area (Å²) in [5.41, 5.74) is 1.26. The predicted octanol–water partition coefficient (Wildman–Crippen LogP) is 2.53. The highest BCUT2D eigenvalue weighted by molar-refractivity contribution is 7.92. The molecule has 0 saturated heterocycles. The van der Waals surface area contributed by atoms with Crippen LogP contribution in [0.3, 0.4) is 0 Å². The first kappa shape index (κ1) is 14.7. The van der Waals surface area contributed by atoms with Crippen molar-refractivity contribution in [2.45, 2.75) is 38.5 Å². The van der Waals surface area contributed by atoms with Crippen molar-refractivity contribution in [2.75, 3.05) is 12.8 Å². The zero-order valence-electron chi connectivity index (χ0n) is 11.1. The third-order valence-electron chi connectivity index (χ3n) is 3.13. The van der Waals surface area contributed by atoms with Crippen LogP contribution in [0.2, 0.25) is 0 Å². The molecule has 5 heteroatoms. The largest absolute Gasteiger partial charge is 0.308 e. The minimum atomic E-state index is -3.04. The molecule has 3 nitrogen and oxygen atoms in total. The number of nitrogens with one attached hydrogen (secondary N) is 1. The Balaban J connectivity index is 2.67. The van der Waals surface area contributed by atoms with Crippen molar-refractivity contribution < 1.29 is 8.42 Å². The summed E-state index contributed by atoms with van der Waals surface area (Å²) in [4.78, 5) is 1.27. The molecular weight excluding hydrogens is 254 g/mol. The molecule has 1 aromatic heterocycles. The van der Waals surface area contributed by atoms with Crippen LogP contribution in [-0.4, -0.2) is 26.0 Å². The molecule has 1 N–H and O–H groups in total. The molecule has 0 bridgehead atoms. The van der Waals surface area contributed by atoms with Gasteiger partial charge >= 0.3 is 0 Å². The van der Waals surface area contributed by atoms with Gasteiger partial charge in [0, 0.05) is 23.7 Å². The van der Waals surface area contributed by atoms with Crippen molar-refractivity contribution in [2.24, 2.45) is 0 Å². The number of aryl methyl sites for hydroxylation is 1. The molecule has 1 heterocycles. The summed E-state index contributed by atoms with van der Waals surface area (Å²) < 4.78 is 22.4. The lowest BCUT2D eigenvalue weighted by atomic mass is 10.1. The fourth-order valence-electron chi connectivity index (χ4n) is 1.45. The van der Waals surface area contributed by atoms with E-state index in [1.807, 2.05) is 0 Å². The number of rotatable bonds is 5. The lowest BCUT2D eigenvalue weighted by Crippen LogP contribution is -2.42. The van der Waals surface area contributed by atoms with Crippen LogP contribution < -0.4 is 5.32 Å². The van der Waals surface area contributed by atoms with Crippen molar-refractivity contribution >= 4 is 21.2 Å². The van der Waals surface area contributed by atoms with Gasteiger partial charge in [-0.2, -0.15) is 0 Å². The quantitative estimate of drug-likeness (QED) is 0.898. The molecule has 0 amide bonds. The molecule has 1 aromatic rings. The van der Waals surface area contributed by atoms with E-state index in [0.717, 1.165) is 0 Å². The average Bonchev–Trinajstić information content (AvgIpc) is 2.59. The van der Waals surface area contributed by atoms with E-state index in [1.165, 1.54) is 16.7 Å². The lowest BCUT2D eigenvalue weighted by Gasteiger charge is -2.25. The molecule has 0 fully saturated rings. The van der Waals surface area contributed by atoms with Crippen molar-refractivity contribution in [3.63, 3.8) is 0 Å². The van der Waals surface area contributed by atoms with Gasteiger partial charge in [0.2, 0.25) is 0 Å². The second kappa shape index (κ2) is 5.08. The fraction of sp³-hybridized carbons (Fsp3) is 0.667. The van der Waals surface area contributed by atoms with Crippen molar-refractivity contribution in [1.82, 2.24) is 5.32 Å². The molecular formula is C12H21NO2S2. The molecule has 0 aliphatic heterocycles. The molecule has 1 rings (SSSR count). The van der Waals surface area contributed by atoms with Gasteiger partial charge in [0.15, 0.2) is 9.84 Å². The van der Waals surface area contributed by atoms with Gasteiger partial charge in [-0.3, -0.25) is 0 Å². The van der Waals surface area contributed by atoms with Crippen LogP contribution in [0.5, 0.6) is 0 Å². The van der Waals surface area contributed by atoms with E-state index in [4.69, 9.17) is 0 Å². The summed E-state index contributed by atoms with van der Waals surface area (Å²) in [6, 6.07) is 2.27.